The van der Waals surface area contributed by atoms with Crippen LogP contribution < -0.4 is 10.2 Å². The van der Waals surface area contributed by atoms with E-state index in [0.29, 0.717) is 0 Å². The Morgan fingerprint density at radius 1 is 1.10 bits per heavy atom. The molecule has 1 saturated heterocycles. The third-order valence-electron chi connectivity index (χ3n) is 4.01. The monoisotopic (exact) mass is 286 g/mol. The molecule has 0 amide bonds. The van der Waals surface area contributed by atoms with Crippen LogP contribution in [0.5, 0.6) is 0 Å². The number of nitrogens with one attached hydrogen (secondary N) is 1. The van der Waals surface area contributed by atoms with Gasteiger partial charge in [0.2, 0.25) is 0 Å². The highest BCUT2D eigenvalue weighted by Crippen LogP contribution is 2.24. The maximum atomic E-state index is 3.59. The number of nitrogens with zero attached hydrogens (tertiary/aromatic N) is 1. The molecule has 1 fully saturated rings. The van der Waals surface area contributed by atoms with E-state index in [9.17, 15) is 0 Å². The number of aryl methyl sites for hydroxylation is 1. The van der Waals surface area contributed by atoms with Gasteiger partial charge in [-0.1, -0.05) is 18.2 Å². The molecule has 1 N–H and O–H groups in total. The van der Waals surface area contributed by atoms with Crippen LogP contribution in [0.15, 0.2) is 35.7 Å². The molecule has 1 aliphatic rings. The fourth-order valence-electron chi connectivity index (χ4n) is 2.82. The lowest BCUT2D eigenvalue weighted by molar-refractivity contribution is 0.696. The number of rotatable bonds is 5. The number of hydrogen-bond donors (Lipinski definition) is 1. The minimum absolute atomic E-state index is 0.948. The molecule has 0 atom stereocenters. The Balaban J connectivity index is 1.63. The molecule has 3 rings (SSSR count). The van der Waals surface area contributed by atoms with Gasteiger partial charge in [-0.05, 0) is 48.4 Å². The lowest BCUT2D eigenvalue weighted by Crippen LogP contribution is -2.21. The van der Waals surface area contributed by atoms with Gasteiger partial charge in [-0.2, -0.15) is 0 Å². The summed E-state index contributed by atoms with van der Waals surface area (Å²) < 4.78 is 0. The molecule has 20 heavy (non-hydrogen) atoms. The van der Waals surface area contributed by atoms with E-state index in [1.54, 1.807) is 0 Å². The molecule has 1 aliphatic heterocycles. The Morgan fingerprint density at radius 2 is 1.90 bits per heavy atom. The molecule has 0 radical (unpaired) electrons. The highest BCUT2D eigenvalue weighted by atomic mass is 32.1. The van der Waals surface area contributed by atoms with Crippen molar-refractivity contribution in [3.8, 4) is 0 Å². The van der Waals surface area contributed by atoms with E-state index in [1.807, 2.05) is 11.3 Å². The smallest absolute Gasteiger partial charge is 0.0411 e. The second-order valence-electron chi connectivity index (χ2n) is 5.45. The van der Waals surface area contributed by atoms with E-state index >= 15 is 0 Å². The van der Waals surface area contributed by atoms with Crippen LogP contribution in [-0.4, -0.2) is 13.1 Å². The third-order valence-corrected chi connectivity index (χ3v) is 5.03. The van der Waals surface area contributed by atoms with Crippen molar-refractivity contribution < 1.29 is 0 Å². The molecule has 1 aromatic heterocycles. The molecule has 3 heteroatoms. The van der Waals surface area contributed by atoms with Crippen molar-refractivity contribution in [2.24, 2.45) is 0 Å². The topological polar surface area (TPSA) is 15.3 Å². The molecule has 2 heterocycles. The summed E-state index contributed by atoms with van der Waals surface area (Å²) in [4.78, 5) is 3.97. The number of thiophene rings is 1. The highest BCUT2D eigenvalue weighted by molar-refractivity contribution is 7.10. The maximum absolute atomic E-state index is 3.59. The molecule has 1 aromatic carbocycles. The molecule has 0 saturated carbocycles. The lowest BCUT2D eigenvalue weighted by atomic mass is 10.1. The Hall–Kier alpha value is -1.32. The van der Waals surface area contributed by atoms with Gasteiger partial charge in [-0.15, -0.1) is 11.3 Å². The highest BCUT2D eigenvalue weighted by Gasteiger charge is 2.14. The fraction of sp³-hybridized carbons (Fsp3) is 0.412. The lowest BCUT2D eigenvalue weighted by Gasteiger charge is -2.21. The van der Waals surface area contributed by atoms with Crippen molar-refractivity contribution in [3.05, 3.63) is 51.7 Å². The largest absolute Gasteiger partial charge is 0.371 e. The van der Waals surface area contributed by atoms with Gasteiger partial charge < -0.3 is 10.2 Å². The second-order valence-corrected chi connectivity index (χ2v) is 6.45. The predicted molar refractivity (Wildman–Crippen MR) is 87.5 cm³/mol. The average Bonchev–Trinajstić information content (AvgIpc) is 3.12. The maximum Gasteiger partial charge on any atom is 0.0411 e. The van der Waals surface area contributed by atoms with E-state index in [1.165, 1.54) is 47.6 Å². The van der Waals surface area contributed by atoms with Crippen molar-refractivity contribution in [3.63, 3.8) is 0 Å². The SMILES string of the molecule is Cc1ccsc1CNCc1ccccc1N1CCCC1. The normalized spacial score (nSPS) is 14.9. The van der Waals surface area contributed by atoms with Crippen molar-refractivity contribution in [2.75, 3.05) is 18.0 Å². The van der Waals surface area contributed by atoms with E-state index in [0.717, 1.165) is 13.1 Å². The quantitative estimate of drug-likeness (QED) is 0.895. The first-order valence-corrected chi connectivity index (χ1v) is 8.29. The number of para-hydroxylation sites is 1. The first-order valence-electron chi connectivity index (χ1n) is 7.41. The number of anilines is 1. The van der Waals surface area contributed by atoms with E-state index in [2.05, 4.69) is 52.9 Å². The van der Waals surface area contributed by atoms with Crippen LogP contribution in [0.3, 0.4) is 0 Å². The Kier molecular flexibility index (Phi) is 4.38. The molecular weight excluding hydrogens is 264 g/mol. The van der Waals surface area contributed by atoms with Crippen LogP contribution in [0.25, 0.3) is 0 Å². The van der Waals surface area contributed by atoms with Gasteiger partial charge in [0.15, 0.2) is 0 Å². The molecular formula is C17H22N2S. The minimum atomic E-state index is 0.948. The van der Waals surface area contributed by atoms with E-state index in [4.69, 9.17) is 0 Å². The summed E-state index contributed by atoms with van der Waals surface area (Å²) >= 11 is 1.84. The zero-order valence-electron chi connectivity index (χ0n) is 12.1. The zero-order chi connectivity index (χ0) is 13.8. The number of benzene rings is 1. The summed E-state index contributed by atoms with van der Waals surface area (Å²) in [5, 5.41) is 5.76. The second kappa shape index (κ2) is 6.42. The van der Waals surface area contributed by atoms with Gasteiger partial charge >= 0.3 is 0 Å². The average molecular weight is 286 g/mol. The van der Waals surface area contributed by atoms with Gasteiger partial charge in [0, 0.05) is 36.7 Å². The first kappa shape index (κ1) is 13.7. The molecule has 106 valence electrons. The van der Waals surface area contributed by atoms with Crippen LogP contribution >= 0.6 is 11.3 Å². The molecule has 0 spiro atoms. The van der Waals surface area contributed by atoms with Gasteiger partial charge in [-0.3, -0.25) is 0 Å². The van der Waals surface area contributed by atoms with Crippen LogP contribution in [0.1, 0.15) is 28.8 Å². The van der Waals surface area contributed by atoms with Crippen LogP contribution in [-0.2, 0) is 13.1 Å². The van der Waals surface area contributed by atoms with Gasteiger partial charge in [-0.25, -0.2) is 0 Å². The summed E-state index contributed by atoms with van der Waals surface area (Å²) in [5.74, 6) is 0. The fourth-order valence-corrected chi connectivity index (χ4v) is 3.70. The van der Waals surface area contributed by atoms with Gasteiger partial charge in [0.1, 0.15) is 0 Å². The van der Waals surface area contributed by atoms with Crippen LogP contribution in [0, 0.1) is 6.92 Å². The third kappa shape index (κ3) is 3.05. The van der Waals surface area contributed by atoms with E-state index < -0.39 is 0 Å². The summed E-state index contributed by atoms with van der Waals surface area (Å²) in [5.41, 5.74) is 4.24. The molecule has 0 unspecified atom stereocenters. The van der Waals surface area contributed by atoms with Crippen LogP contribution in [0.2, 0.25) is 0 Å². The zero-order valence-corrected chi connectivity index (χ0v) is 12.9. The van der Waals surface area contributed by atoms with Gasteiger partial charge in [0.05, 0.1) is 0 Å². The Labute approximate surface area is 125 Å². The van der Waals surface area contributed by atoms with Crippen molar-refractivity contribution in [1.29, 1.82) is 0 Å². The first-order chi connectivity index (χ1) is 9.84. The molecule has 2 nitrogen and oxygen atoms in total. The number of hydrogen-bond acceptors (Lipinski definition) is 3. The summed E-state index contributed by atoms with van der Waals surface area (Å²) in [7, 11) is 0. The van der Waals surface area contributed by atoms with Crippen LogP contribution in [0.4, 0.5) is 5.69 Å². The summed E-state index contributed by atoms with van der Waals surface area (Å²) in [6.07, 6.45) is 2.66. The van der Waals surface area contributed by atoms with E-state index in [-0.39, 0.29) is 0 Å². The Morgan fingerprint density at radius 3 is 2.65 bits per heavy atom. The van der Waals surface area contributed by atoms with Crippen molar-refractivity contribution >= 4 is 17.0 Å². The summed E-state index contributed by atoms with van der Waals surface area (Å²) in [6.45, 7) is 6.52. The van der Waals surface area contributed by atoms with Crippen molar-refractivity contribution in [2.45, 2.75) is 32.9 Å². The van der Waals surface area contributed by atoms with Crippen molar-refractivity contribution in [1.82, 2.24) is 5.32 Å². The minimum Gasteiger partial charge on any atom is -0.371 e. The summed E-state index contributed by atoms with van der Waals surface area (Å²) in [6, 6.07) is 11.0. The molecule has 0 bridgehead atoms. The standard InChI is InChI=1S/C17H22N2S/c1-14-8-11-20-17(14)13-18-12-15-6-2-3-7-16(15)19-9-4-5-10-19/h2-3,6-8,11,18H,4-5,9-10,12-13H2,1H3. The predicted octanol–water partition coefficient (Wildman–Crippen LogP) is 3.95. The molecule has 2 aromatic rings. The molecule has 0 aliphatic carbocycles. The Bertz CT molecular complexity index is 556. The van der Waals surface area contributed by atoms with Gasteiger partial charge in [0.25, 0.3) is 0 Å².